The van der Waals surface area contributed by atoms with E-state index < -0.39 is 15.8 Å². The predicted molar refractivity (Wildman–Crippen MR) is 91.3 cm³/mol. The number of anilines is 1. The standard InChI is InChI=1S/C15H12ClF2NO2S2/c16-12-3-1-11(2-4-12)9-10-23(20,21)19-13-5-7-14(8-6-13)22-15(17)18/h1-10,15,19H/b10-9+. The zero-order valence-corrected chi connectivity index (χ0v) is 14.0. The van der Waals surface area contributed by atoms with Crippen LogP contribution in [0.5, 0.6) is 0 Å². The lowest BCUT2D eigenvalue weighted by molar-refractivity contribution is 0.252. The summed E-state index contributed by atoms with van der Waals surface area (Å²) in [5.74, 6) is -2.51. The van der Waals surface area contributed by atoms with E-state index in [-0.39, 0.29) is 0 Å². The minimum atomic E-state index is -3.70. The van der Waals surface area contributed by atoms with Gasteiger partial charge in [0.05, 0.1) is 5.41 Å². The number of alkyl halides is 2. The molecule has 0 spiro atoms. The summed E-state index contributed by atoms with van der Waals surface area (Å²) in [4.78, 5) is 0.361. The lowest BCUT2D eigenvalue weighted by Gasteiger charge is -2.06. The Hall–Kier alpha value is -1.57. The third-order valence-electron chi connectivity index (χ3n) is 2.65. The molecule has 1 N–H and O–H groups in total. The van der Waals surface area contributed by atoms with Gasteiger partial charge in [-0.05, 0) is 48.0 Å². The van der Waals surface area contributed by atoms with E-state index in [0.29, 0.717) is 32.9 Å². The number of nitrogens with one attached hydrogen (secondary N) is 1. The van der Waals surface area contributed by atoms with Crippen molar-refractivity contribution in [1.82, 2.24) is 0 Å². The minimum absolute atomic E-state index is 0.296. The summed E-state index contributed by atoms with van der Waals surface area (Å²) in [5, 5.41) is 1.59. The van der Waals surface area contributed by atoms with Gasteiger partial charge in [-0.1, -0.05) is 35.5 Å². The van der Waals surface area contributed by atoms with Crippen LogP contribution in [-0.4, -0.2) is 14.2 Å². The molecule has 8 heteroatoms. The summed E-state index contributed by atoms with van der Waals surface area (Å²) < 4.78 is 50.7. The molecule has 3 nitrogen and oxygen atoms in total. The summed E-state index contributed by atoms with van der Waals surface area (Å²) in [5.41, 5.74) is 0.979. The molecule has 0 heterocycles. The fourth-order valence-corrected chi connectivity index (χ4v) is 3.14. The summed E-state index contributed by atoms with van der Waals surface area (Å²) in [6.45, 7) is 0. The Kier molecular flexibility index (Phi) is 6.04. The Morgan fingerprint density at radius 2 is 1.65 bits per heavy atom. The molecule has 122 valence electrons. The van der Waals surface area contributed by atoms with Crippen molar-refractivity contribution in [2.24, 2.45) is 0 Å². The zero-order valence-electron chi connectivity index (χ0n) is 11.6. The van der Waals surface area contributed by atoms with E-state index >= 15 is 0 Å². The lowest BCUT2D eigenvalue weighted by atomic mass is 10.2. The fourth-order valence-electron chi connectivity index (χ4n) is 1.64. The van der Waals surface area contributed by atoms with Crippen molar-refractivity contribution in [2.45, 2.75) is 10.7 Å². The van der Waals surface area contributed by atoms with Crippen molar-refractivity contribution in [2.75, 3.05) is 4.72 Å². The molecule has 2 aromatic carbocycles. The second-order valence-corrected chi connectivity index (χ2v) is 7.47. The molecule has 2 rings (SSSR count). The van der Waals surface area contributed by atoms with Crippen LogP contribution in [0.25, 0.3) is 6.08 Å². The molecular formula is C15H12ClF2NO2S2. The molecule has 0 fully saturated rings. The number of sulfonamides is 1. The number of hydrogen-bond donors (Lipinski definition) is 1. The third kappa shape index (κ3) is 6.21. The predicted octanol–water partition coefficient (Wildman–Crippen LogP) is 5.07. The van der Waals surface area contributed by atoms with Crippen LogP contribution in [0, 0.1) is 0 Å². The third-order valence-corrected chi connectivity index (χ3v) is 4.64. The maximum Gasteiger partial charge on any atom is 0.288 e. The Balaban J connectivity index is 2.04. The van der Waals surface area contributed by atoms with E-state index in [9.17, 15) is 17.2 Å². The molecule has 0 aromatic heterocycles. The lowest BCUT2D eigenvalue weighted by Crippen LogP contribution is -2.08. The van der Waals surface area contributed by atoms with Crippen LogP contribution in [-0.2, 0) is 10.0 Å². The topological polar surface area (TPSA) is 46.2 Å². The van der Waals surface area contributed by atoms with E-state index in [2.05, 4.69) is 4.72 Å². The molecule has 0 atom stereocenters. The summed E-state index contributed by atoms with van der Waals surface area (Å²) in [6.07, 6.45) is 1.43. The Morgan fingerprint density at radius 1 is 1.04 bits per heavy atom. The van der Waals surface area contributed by atoms with Gasteiger partial charge in [0, 0.05) is 15.6 Å². The number of rotatable bonds is 6. The molecule has 0 amide bonds. The smallest absolute Gasteiger partial charge is 0.280 e. The van der Waals surface area contributed by atoms with Crippen LogP contribution >= 0.6 is 23.4 Å². The van der Waals surface area contributed by atoms with Crippen molar-refractivity contribution >= 4 is 45.1 Å². The van der Waals surface area contributed by atoms with Gasteiger partial charge in [0.25, 0.3) is 15.8 Å². The average molecular weight is 376 g/mol. The number of benzene rings is 2. The molecule has 0 aliphatic rings. The van der Waals surface area contributed by atoms with Gasteiger partial charge < -0.3 is 0 Å². The zero-order chi connectivity index (χ0) is 16.9. The quantitative estimate of drug-likeness (QED) is 0.717. The fraction of sp³-hybridized carbons (Fsp3) is 0.0667. The second-order valence-electron chi connectivity index (χ2n) is 4.40. The van der Waals surface area contributed by atoms with Crippen molar-refractivity contribution in [3.63, 3.8) is 0 Å². The van der Waals surface area contributed by atoms with E-state index in [1.807, 2.05) is 0 Å². The largest absolute Gasteiger partial charge is 0.288 e. The molecular weight excluding hydrogens is 364 g/mol. The molecule has 0 unspecified atom stereocenters. The van der Waals surface area contributed by atoms with Crippen LogP contribution in [0.15, 0.2) is 58.8 Å². The Morgan fingerprint density at radius 3 is 2.22 bits per heavy atom. The summed E-state index contributed by atoms with van der Waals surface area (Å²) in [6, 6.07) is 12.4. The van der Waals surface area contributed by atoms with Crippen LogP contribution in [0.1, 0.15) is 5.56 Å². The monoisotopic (exact) mass is 375 g/mol. The SMILES string of the molecule is O=S(=O)(/C=C/c1ccc(Cl)cc1)Nc1ccc(SC(F)F)cc1. The van der Waals surface area contributed by atoms with Crippen LogP contribution in [0.4, 0.5) is 14.5 Å². The molecule has 2 aromatic rings. The highest BCUT2D eigenvalue weighted by atomic mass is 35.5. The molecule has 23 heavy (non-hydrogen) atoms. The minimum Gasteiger partial charge on any atom is -0.280 e. The highest BCUT2D eigenvalue weighted by Gasteiger charge is 2.08. The van der Waals surface area contributed by atoms with Crippen molar-refractivity contribution < 1.29 is 17.2 Å². The van der Waals surface area contributed by atoms with Crippen molar-refractivity contribution in [1.29, 1.82) is 0 Å². The van der Waals surface area contributed by atoms with Gasteiger partial charge in [0.1, 0.15) is 0 Å². The first-order valence-electron chi connectivity index (χ1n) is 6.35. The first-order chi connectivity index (χ1) is 10.8. The van der Waals surface area contributed by atoms with Crippen molar-refractivity contribution in [3.05, 3.63) is 64.5 Å². The molecule has 0 radical (unpaired) electrons. The molecule has 0 saturated carbocycles. The maximum absolute atomic E-state index is 12.2. The Labute approximate surface area is 142 Å². The molecule has 0 aliphatic heterocycles. The maximum atomic E-state index is 12.2. The first-order valence-corrected chi connectivity index (χ1v) is 9.16. The van der Waals surface area contributed by atoms with E-state index in [0.717, 1.165) is 5.41 Å². The van der Waals surface area contributed by atoms with Gasteiger partial charge in [-0.2, -0.15) is 8.78 Å². The number of thioether (sulfide) groups is 1. The normalized spacial score (nSPS) is 12.0. The van der Waals surface area contributed by atoms with Crippen LogP contribution in [0.2, 0.25) is 5.02 Å². The Bertz CT molecular complexity index is 776. The average Bonchev–Trinajstić information content (AvgIpc) is 2.48. The van der Waals surface area contributed by atoms with Gasteiger partial charge >= 0.3 is 0 Å². The highest BCUT2D eigenvalue weighted by molar-refractivity contribution is 7.99. The van der Waals surface area contributed by atoms with Gasteiger partial charge in [0.15, 0.2) is 0 Å². The van der Waals surface area contributed by atoms with E-state index in [1.165, 1.54) is 30.3 Å². The second kappa shape index (κ2) is 7.81. The van der Waals surface area contributed by atoms with Crippen molar-refractivity contribution in [3.8, 4) is 0 Å². The van der Waals surface area contributed by atoms with E-state index in [4.69, 9.17) is 11.6 Å². The van der Waals surface area contributed by atoms with Crippen LogP contribution < -0.4 is 4.72 Å². The van der Waals surface area contributed by atoms with Gasteiger partial charge in [-0.25, -0.2) is 8.42 Å². The van der Waals surface area contributed by atoms with E-state index in [1.54, 1.807) is 24.3 Å². The van der Waals surface area contributed by atoms with Gasteiger partial charge in [-0.15, -0.1) is 0 Å². The van der Waals surface area contributed by atoms with Gasteiger partial charge in [0.2, 0.25) is 0 Å². The van der Waals surface area contributed by atoms with Crippen LogP contribution in [0.3, 0.4) is 0 Å². The number of halogens is 3. The molecule has 0 aliphatic carbocycles. The highest BCUT2D eigenvalue weighted by Crippen LogP contribution is 2.26. The number of hydrogen-bond acceptors (Lipinski definition) is 3. The molecule has 0 saturated heterocycles. The first kappa shape index (κ1) is 17.8. The van der Waals surface area contributed by atoms with Gasteiger partial charge in [-0.3, -0.25) is 4.72 Å². The molecule has 0 bridgehead atoms. The summed E-state index contributed by atoms with van der Waals surface area (Å²) >= 11 is 6.15. The summed E-state index contributed by atoms with van der Waals surface area (Å²) in [7, 11) is -3.70.